The third-order valence-electron chi connectivity index (χ3n) is 3.34. The number of piperidine rings is 1. The summed E-state index contributed by atoms with van der Waals surface area (Å²) in [4.78, 5) is 6.78. The molecule has 104 valence electrons. The van der Waals surface area contributed by atoms with Crippen molar-refractivity contribution in [2.45, 2.75) is 33.1 Å². The van der Waals surface area contributed by atoms with Gasteiger partial charge in [0.1, 0.15) is 0 Å². The van der Waals surface area contributed by atoms with Gasteiger partial charge in [0, 0.05) is 6.54 Å². The Kier molecular flexibility index (Phi) is 6.80. The number of nitrogens with zero attached hydrogens (tertiary/aromatic N) is 2. The van der Waals surface area contributed by atoms with E-state index in [1.165, 1.54) is 38.9 Å². The first-order valence-electron chi connectivity index (χ1n) is 7.02. The highest BCUT2D eigenvalue weighted by atomic mass is 15.1. The van der Waals surface area contributed by atoms with Crippen LogP contribution in [-0.4, -0.2) is 43.6 Å². The topological polar surface area (TPSA) is 53.6 Å². The van der Waals surface area contributed by atoms with Crippen LogP contribution in [0.5, 0.6) is 0 Å². The van der Waals surface area contributed by atoms with E-state index in [9.17, 15) is 0 Å². The smallest absolute Gasteiger partial charge is 0.188 e. The molecule has 0 bridgehead atoms. The molecule has 1 aliphatic heterocycles. The molecule has 1 heterocycles. The fourth-order valence-electron chi connectivity index (χ4n) is 2.26. The molecule has 0 aliphatic carbocycles. The first kappa shape index (κ1) is 15.0. The number of hydrogen-bond donors (Lipinski definition) is 2. The van der Waals surface area contributed by atoms with E-state index in [2.05, 4.69) is 28.7 Å². The predicted molar refractivity (Wildman–Crippen MR) is 78.8 cm³/mol. The van der Waals surface area contributed by atoms with Crippen LogP contribution in [0, 0.1) is 5.92 Å². The van der Waals surface area contributed by atoms with E-state index in [1.54, 1.807) is 0 Å². The second-order valence-electron chi connectivity index (χ2n) is 5.32. The van der Waals surface area contributed by atoms with Crippen molar-refractivity contribution < 1.29 is 0 Å². The predicted octanol–water partition coefficient (Wildman–Crippen LogP) is 1.59. The highest BCUT2D eigenvalue weighted by molar-refractivity contribution is 5.77. The van der Waals surface area contributed by atoms with Crippen LogP contribution in [0.2, 0.25) is 0 Å². The standard InChI is InChI=1S/C14H28N4/c1-4-7-18-8-5-13(6-9-18)11-17-14(15)16-10-12(2)3/h13H,2,4-11H2,1,3H3,(H3,15,16,17). The Labute approximate surface area is 111 Å². The minimum absolute atomic E-state index is 0.550. The van der Waals surface area contributed by atoms with Gasteiger partial charge >= 0.3 is 0 Å². The number of nitrogens with two attached hydrogens (primary N) is 1. The molecule has 4 heteroatoms. The van der Waals surface area contributed by atoms with Crippen LogP contribution in [-0.2, 0) is 0 Å². The fourth-order valence-corrected chi connectivity index (χ4v) is 2.26. The summed E-state index contributed by atoms with van der Waals surface area (Å²) < 4.78 is 0. The number of rotatable bonds is 6. The van der Waals surface area contributed by atoms with Gasteiger partial charge in [-0.25, -0.2) is 4.99 Å². The van der Waals surface area contributed by atoms with Gasteiger partial charge in [-0.3, -0.25) is 0 Å². The monoisotopic (exact) mass is 252 g/mol. The number of hydrogen-bond acceptors (Lipinski definition) is 2. The van der Waals surface area contributed by atoms with Crippen molar-refractivity contribution in [2.24, 2.45) is 16.6 Å². The van der Waals surface area contributed by atoms with Gasteiger partial charge in [0.15, 0.2) is 5.96 Å². The molecule has 0 aromatic carbocycles. The fraction of sp³-hybridized carbons (Fsp3) is 0.786. The zero-order valence-corrected chi connectivity index (χ0v) is 11.9. The average molecular weight is 252 g/mol. The van der Waals surface area contributed by atoms with Crippen LogP contribution < -0.4 is 11.1 Å². The summed E-state index contributed by atoms with van der Waals surface area (Å²) in [6.07, 6.45) is 3.78. The van der Waals surface area contributed by atoms with Crippen molar-refractivity contribution in [3.63, 3.8) is 0 Å². The van der Waals surface area contributed by atoms with Crippen LogP contribution in [0.15, 0.2) is 17.1 Å². The molecule has 1 rings (SSSR count). The van der Waals surface area contributed by atoms with Crippen molar-refractivity contribution in [3.8, 4) is 0 Å². The maximum absolute atomic E-state index is 5.80. The van der Waals surface area contributed by atoms with Crippen LogP contribution in [0.1, 0.15) is 33.1 Å². The van der Waals surface area contributed by atoms with Crippen LogP contribution in [0.4, 0.5) is 0 Å². The van der Waals surface area contributed by atoms with Crippen LogP contribution >= 0.6 is 0 Å². The number of aliphatic imine (C=N–C) groups is 1. The van der Waals surface area contributed by atoms with Crippen LogP contribution in [0.25, 0.3) is 0 Å². The van der Waals surface area contributed by atoms with Gasteiger partial charge in [-0.15, -0.1) is 0 Å². The van der Waals surface area contributed by atoms with E-state index in [0.29, 0.717) is 12.5 Å². The summed E-state index contributed by atoms with van der Waals surface area (Å²) >= 11 is 0. The molecule has 0 aromatic rings. The highest BCUT2D eigenvalue weighted by Gasteiger charge is 2.18. The third kappa shape index (κ3) is 6.05. The molecule has 0 saturated carbocycles. The summed E-state index contributed by atoms with van der Waals surface area (Å²) in [5.41, 5.74) is 6.84. The number of nitrogens with one attached hydrogen (secondary N) is 1. The van der Waals surface area contributed by atoms with Gasteiger partial charge in [-0.2, -0.15) is 0 Å². The molecule has 0 atom stereocenters. The molecule has 3 N–H and O–H groups in total. The molecule has 0 amide bonds. The lowest BCUT2D eigenvalue weighted by Gasteiger charge is -2.31. The van der Waals surface area contributed by atoms with E-state index in [0.717, 1.165) is 18.0 Å². The lowest BCUT2D eigenvalue weighted by Crippen LogP contribution is -2.41. The number of guanidine groups is 1. The largest absolute Gasteiger partial charge is 0.370 e. The first-order chi connectivity index (χ1) is 8.61. The molecular formula is C14H28N4. The average Bonchev–Trinajstić information content (AvgIpc) is 2.36. The Hall–Kier alpha value is -1.03. The van der Waals surface area contributed by atoms with Crippen molar-refractivity contribution in [2.75, 3.05) is 32.7 Å². The molecular weight excluding hydrogens is 224 g/mol. The van der Waals surface area contributed by atoms with Crippen molar-refractivity contribution in [3.05, 3.63) is 12.2 Å². The van der Waals surface area contributed by atoms with E-state index in [-0.39, 0.29) is 0 Å². The quantitative estimate of drug-likeness (QED) is 0.429. The van der Waals surface area contributed by atoms with E-state index < -0.39 is 0 Å². The van der Waals surface area contributed by atoms with Gasteiger partial charge in [0.2, 0.25) is 0 Å². The van der Waals surface area contributed by atoms with Crippen molar-refractivity contribution in [1.82, 2.24) is 10.2 Å². The van der Waals surface area contributed by atoms with Gasteiger partial charge in [0.05, 0.1) is 6.54 Å². The molecule has 18 heavy (non-hydrogen) atoms. The van der Waals surface area contributed by atoms with Gasteiger partial charge in [-0.05, 0) is 51.7 Å². The van der Waals surface area contributed by atoms with Crippen molar-refractivity contribution in [1.29, 1.82) is 0 Å². The molecule has 0 spiro atoms. The lowest BCUT2D eigenvalue weighted by molar-refractivity contribution is 0.185. The van der Waals surface area contributed by atoms with Gasteiger partial charge in [0.25, 0.3) is 0 Å². The maximum atomic E-state index is 5.80. The summed E-state index contributed by atoms with van der Waals surface area (Å²) in [7, 11) is 0. The van der Waals surface area contributed by atoms with Crippen molar-refractivity contribution >= 4 is 5.96 Å². The normalized spacial score (nSPS) is 18.9. The minimum Gasteiger partial charge on any atom is -0.370 e. The Morgan fingerprint density at radius 3 is 2.67 bits per heavy atom. The molecule has 0 radical (unpaired) electrons. The first-order valence-corrected chi connectivity index (χ1v) is 7.02. The molecule has 1 saturated heterocycles. The summed E-state index contributed by atoms with van der Waals surface area (Å²) in [5, 5.41) is 3.22. The summed E-state index contributed by atoms with van der Waals surface area (Å²) in [5.74, 6) is 1.28. The lowest BCUT2D eigenvalue weighted by atomic mass is 9.97. The van der Waals surface area contributed by atoms with Gasteiger partial charge in [-0.1, -0.05) is 19.1 Å². The zero-order valence-electron chi connectivity index (χ0n) is 11.9. The van der Waals surface area contributed by atoms with E-state index >= 15 is 0 Å². The van der Waals surface area contributed by atoms with Crippen LogP contribution in [0.3, 0.4) is 0 Å². The Bertz CT molecular complexity index is 278. The van der Waals surface area contributed by atoms with E-state index in [4.69, 9.17) is 5.73 Å². The SMILES string of the molecule is C=C(C)CN=C(N)NCC1CCN(CCC)CC1. The second kappa shape index (κ2) is 8.14. The molecule has 4 nitrogen and oxygen atoms in total. The minimum atomic E-state index is 0.550. The Morgan fingerprint density at radius 2 is 2.11 bits per heavy atom. The van der Waals surface area contributed by atoms with E-state index in [1.807, 2.05) is 6.92 Å². The summed E-state index contributed by atoms with van der Waals surface area (Å²) in [6, 6.07) is 0. The maximum Gasteiger partial charge on any atom is 0.188 e. The number of likely N-dealkylation sites (tertiary alicyclic amines) is 1. The zero-order chi connectivity index (χ0) is 13.4. The molecule has 0 unspecified atom stereocenters. The molecule has 1 aliphatic rings. The highest BCUT2D eigenvalue weighted by Crippen LogP contribution is 2.16. The third-order valence-corrected chi connectivity index (χ3v) is 3.34. The Morgan fingerprint density at radius 1 is 1.44 bits per heavy atom. The molecule has 1 fully saturated rings. The summed E-state index contributed by atoms with van der Waals surface area (Å²) in [6.45, 7) is 13.3. The van der Waals surface area contributed by atoms with Gasteiger partial charge < -0.3 is 16.0 Å². The Balaban J connectivity index is 2.17. The second-order valence-corrected chi connectivity index (χ2v) is 5.32. The molecule has 0 aromatic heterocycles.